The molecule has 0 saturated carbocycles. The van der Waals surface area contributed by atoms with Crippen LogP contribution >= 0.6 is 0 Å². The Morgan fingerprint density at radius 1 is 0.364 bits per heavy atom. The number of hydrogen-bond acceptors (Lipinski definition) is 5. The summed E-state index contributed by atoms with van der Waals surface area (Å²) in [6.45, 7) is 4.98. The van der Waals surface area contributed by atoms with Crippen molar-refractivity contribution in [3.8, 4) is 0 Å². The fourth-order valence-corrected chi connectivity index (χ4v) is 9.76. The van der Waals surface area contributed by atoms with Crippen LogP contribution in [-0.2, 0) is 14.3 Å². The summed E-state index contributed by atoms with van der Waals surface area (Å²) in [4.78, 5) is 24.6. The first-order valence-electron chi connectivity index (χ1n) is 30.3. The number of amides is 1. The van der Waals surface area contributed by atoms with Crippen LogP contribution in [-0.4, -0.2) is 47.4 Å². The van der Waals surface area contributed by atoms with Crippen LogP contribution in [0.4, 0.5) is 0 Å². The van der Waals surface area contributed by atoms with Gasteiger partial charge in [0.15, 0.2) is 0 Å². The summed E-state index contributed by atoms with van der Waals surface area (Å²) in [5, 5.41) is 23.3. The minimum Gasteiger partial charge on any atom is -0.466 e. The summed E-state index contributed by atoms with van der Waals surface area (Å²) in [7, 11) is 0. The number of aliphatic hydroxyl groups excluding tert-OH is 2. The van der Waals surface area contributed by atoms with Crippen molar-refractivity contribution >= 4 is 11.9 Å². The SMILES string of the molecule is CCCCCCCCCCCCCCCCCCCC(O)C(CO)NC(=O)CCCCCCCCCCCCCCCCCCCOC(=O)CCCCCCCCCCCCCCCCC. The van der Waals surface area contributed by atoms with Crippen LogP contribution in [0.5, 0.6) is 0 Å². The maximum Gasteiger partial charge on any atom is 0.305 e. The van der Waals surface area contributed by atoms with E-state index in [2.05, 4.69) is 19.2 Å². The first-order chi connectivity index (χ1) is 32.5. The number of esters is 1. The predicted molar refractivity (Wildman–Crippen MR) is 287 cm³/mol. The normalized spacial score (nSPS) is 12.5. The maximum atomic E-state index is 12.5. The van der Waals surface area contributed by atoms with Crippen molar-refractivity contribution in [1.82, 2.24) is 5.32 Å². The molecule has 6 heteroatoms. The van der Waals surface area contributed by atoms with E-state index in [1.807, 2.05) is 0 Å². The zero-order chi connectivity index (χ0) is 47.9. The molecule has 0 radical (unpaired) electrons. The Bertz CT molecular complexity index is 944. The van der Waals surface area contributed by atoms with Gasteiger partial charge in [0.2, 0.25) is 5.91 Å². The van der Waals surface area contributed by atoms with Crippen LogP contribution in [0.2, 0.25) is 0 Å². The highest BCUT2D eigenvalue weighted by atomic mass is 16.5. The topological polar surface area (TPSA) is 95.9 Å². The van der Waals surface area contributed by atoms with Gasteiger partial charge in [-0.05, 0) is 25.7 Å². The Morgan fingerprint density at radius 2 is 0.621 bits per heavy atom. The Morgan fingerprint density at radius 3 is 0.924 bits per heavy atom. The van der Waals surface area contributed by atoms with Gasteiger partial charge in [-0.15, -0.1) is 0 Å². The van der Waals surface area contributed by atoms with Crippen molar-refractivity contribution in [3.63, 3.8) is 0 Å². The summed E-state index contributed by atoms with van der Waals surface area (Å²) < 4.78 is 5.49. The average molecular weight is 935 g/mol. The third-order valence-corrected chi connectivity index (χ3v) is 14.4. The summed E-state index contributed by atoms with van der Waals surface area (Å²) >= 11 is 0. The molecule has 0 aliphatic carbocycles. The van der Waals surface area contributed by atoms with E-state index in [9.17, 15) is 19.8 Å². The largest absolute Gasteiger partial charge is 0.466 e. The monoisotopic (exact) mass is 934 g/mol. The van der Waals surface area contributed by atoms with Crippen LogP contribution in [0, 0.1) is 0 Å². The third kappa shape index (κ3) is 52.2. The fourth-order valence-electron chi connectivity index (χ4n) is 9.76. The highest BCUT2D eigenvalue weighted by Crippen LogP contribution is 2.18. The molecule has 1 amide bonds. The summed E-state index contributed by atoms with van der Waals surface area (Å²) in [5.74, 6) is -0.0271. The lowest BCUT2D eigenvalue weighted by Gasteiger charge is -2.22. The van der Waals surface area contributed by atoms with Gasteiger partial charge in [0.25, 0.3) is 0 Å². The Hall–Kier alpha value is -1.14. The Balaban J connectivity index is 3.39. The standard InChI is InChI=1S/C60H119NO5/c1-3-5-7-9-11-13-15-17-19-21-25-28-32-36-40-44-48-52-58(63)57(56-62)61-59(64)53-49-45-41-37-33-29-26-22-20-23-27-31-35-39-43-47-51-55-66-60(65)54-50-46-42-38-34-30-24-18-16-14-12-10-8-6-4-2/h57-58,62-63H,3-56H2,1-2H3,(H,61,64). The van der Waals surface area contributed by atoms with Gasteiger partial charge in [-0.25, -0.2) is 0 Å². The number of unbranched alkanes of at least 4 members (excludes halogenated alkanes) is 46. The second kappa shape index (κ2) is 56.4. The van der Waals surface area contributed by atoms with E-state index in [0.717, 1.165) is 38.5 Å². The first-order valence-corrected chi connectivity index (χ1v) is 30.3. The molecule has 0 saturated heterocycles. The van der Waals surface area contributed by atoms with Gasteiger partial charge in [-0.3, -0.25) is 9.59 Å². The zero-order valence-corrected chi connectivity index (χ0v) is 45.0. The molecule has 0 aromatic heterocycles. The summed E-state index contributed by atoms with van der Waals surface area (Å²) in [6, 6.07) is -0.544. The number of rotatable bonds is 57. The molecular weight excluding hydrogens is 815 g/mol. The minimum absolute atomic E-state index is 0.00944. The number of nitrogens with one attached hydrogen (secondary N) is 1. The summed E-state index contributed by atoms with van der Waals surface area (Å²) in [5.41, 5.74) is 0. The number of ether oxygens (including phenoxy) is 1. The van der Waals surface area contributed by atoms with Crippen LogP contribution in [0.15, 0.2) is 0 Å². The second-order valence-corrected chi connectivity index (χ2v) is 21.1. The average Bonchev–Trinajstić information content (AvgIpc) is 3.32. The molecule has 66 heavy (non-hydrogen) atoms. The van der Waals surface area contributed by atoms with Crippen LogP contribution in [0.3, 0.4) is 0 Å². The quantitative estimate of drug-likeness (QED) is 0.0417. The van der Waals surface area contributed by atoms with Crippen LogP contribution in [0.1, 0.15) is 348 Å². The number of hydrogen-bond donors (Lipinski definition) is 3. The molecule has 0 aromatic rings. The Labute approximate surface area is 413 Å². The van der Waals surface area contributed by atoms with Crippen molar-refractivity contribution in [2.45, 2.75) is 360 Å². The molecule has 0 aliphatic heterocycles. The van der Waals surface area contributed by atoms with Gasteiger partial charge in [0, 0.05) is 12.8 Å². The molecule has 0 heterocycles. The molecule has 0 fully saturated rings. The van der Waals surface area contributed by atoms with Crippen LogP contribution in [0.25, 0.3) is 0 Å². The van der Waals surface area contributed by atoms with Gasteiger partial charge in [0.1, 0.15) is 0 Å². The molecule has 3 N–H and O–H groups in total. The van der Waals surface area contributed by atoms with Crippen molar-refractivity contribution in [1.29, 1.82) is 0 Å². The maximum absolute atomic E-state index is 12.5. The highest BCUT2D eigenvalue weighted by molar-refractivity contribution is 5.76. The molecule has 0 rings (SSSR count). The third-order valence-electron chi connectivity index (χ3n) is 14.4. The van der Waals surface area contributed by atoms with E-state index in [4.69, 9.17) is 4.74 Å². The van der Waals surface area contributed by atoms with E-state index < -0.39 is 12.1 Å². The van der Waals surface area contributed by atoms with Gasteiger partial charge in [-0.1, -0.05) is 309 Å². The van der Waals surface area contributed by atoms with Gasteiger partial charge >= 0.3 is 5.97 Å². The molecule has 394 valence electrons. The molecule has 2 atom stereocenters. The molecular formula is C60H119NO5. The lowest BCUT2D eigenvalue weighted by atomic mass is 10.0. The smallest absolute Gasteiger partial charge is 0.305 e. The van der Waals surface area contributed by atoms with E-state index in [1.54, 1.807) is 0 Å². The van der Waals surface area contributed by atoms with Crippen LogP contribution < -0.4 is 5.32 Å². The molecule has 0 bridgehead atoms. The van der Waals surface area contributed by atoms with Crippen molar-refractivity contribution in [3.05, 3.63) is 0 Å². The fraction of sp³-hybridized carbons (Fsp3) is 0.967. The van der Waals surface area contributed by atoms with E-state index in [-0.39, 0.29) is 18.5 Å². The van der Waals surface area contributed by atoms with Gasteiger partial charge in [0.05, 0.1) is 25.4 Å². The van der Waals surface area contributed by atoms with E-state index in [1.165, 1.54) is 276 Å². The van der Waals surface area contributed by atoms with Gasteiger partial charge in [-0.2, -0.15) is 0 Å². The number of carbonyl (C=O) groups is 2. The summed E-state index contributed by atoms with van der Waals surface area (Å²) in [6.07, 6.45) is 65.2. The van der Waals surface area contributed by atoms with Crippen molar-refractivity contribution in [2.75, 3.05) is 13.2 Å². The number of aliphatic hydroxyl groups is 2. The van der Waals surface area contributed by atoms with E-state index in [0.29, 0.717) is 25.9 Å². The van der Waals surface area contributed by atoms with Crippen molar-refractivity contribution in [2.24, 2.45) is 0 Å². The zero-order valence-electron chi connectivity index (χ0n) is 45.0. The molecule has 2 unspecified atom stereocenters. The minimum atomic E-state index is -0.667. The Kier molecular flexibility index (Phi) is 55.5. The van der Waals surface area contributed by atoms with E-state index >= 15 is 0 Å². The molecule has 0 spiro atoms. The first kappa shape index (κ1) is 64.9. The lowest BCUT2D eigenvalue weighted by Crippen LogP contribution is -2.45. The lowest BCUT2D eigenvalue weighted by molar-refractivity contribution is -0.143. The van der Waals surface area contributed by atoms with Crippen molar-refractivity contribution < 1.29 is 24.5 Å². The molecule has 0 aliphatic rings. The number of carbonyl (C=O) groups excluding carboxylic acids is 2. The second-order valence-electron chi connectivity index (χ2n) is 21.1. The van der Waals surface area contributed by atoms with Gasteiger partial charge < -0.3 is 20.3 Å². The molecule has 0 aromatic carbocycles. The molecule has 6 nitrogen and oxygen atoms in total. The highest BCUT2D eigenvalue weighted by Gasteiger charge is 2.20. The predicted octanol–water partition coefficient (Wildman–Crippen LogP) is 18.7.